The number of halogens is 1. The number of carbonyl (C=O) groups excluding carboxylic acids is 1. The van der Waals surface area contributed by atoms with E-state index in [0.29, 0.717) is 5.56 Å². The molecule has 1 N–H and O–H groups in total. The van der Waals surface area contributed by atoms with Gasteiger partial charge >= 0.3 is 11.9 Å². The predicted octanol–water partition coefficient (Wildman–Crippen LogP) is 3.23. The largest absolute Gasteiger partial charge is 0.478 e. The molecule has 0 atom stereocenters. The van der Waals surface area contributed by atoms with E-state index in [0.717, 1.165) is 0 Å². The van der Waals surface area contributed by atoms with Crippen LogP contribution in [0.2, 0.25) is 5.02 Å². The Kier molecular flexibility index (Phi) is 6.47. The SMILES string of the molecule is C=C(C)C(=O)OCCC(=Cc1ccc(Cl)c([N+](=O)[O-])c1)C(=O)O. The summed E-state index contributed by atoms with van der Waals surface area (Å²) in [6.45, 7) is 4.74. The average molecular weight is 340 g/mol. The number of hydrogen-bond donors (Lipinski definition) is 1. The summed E-state index contributed by atoms with van der Waals surface area (Å²) in [5, 5.41) is 19.9. The van der Waals surface area contributed by atoms with Crippen molar-refractivity contribution in [3.63, 3.8) is 0 Å². The molecule has 0 aliphatic carbocycles. The number of ether oxygens (including phenoxy) is 1. The van der Waals surface area contributed by atoms with Crippen LogP contribution in [0.4, 0.5) is 5.69 Å². The molecule has 0 saturated heterocycles. The molecule has 0 spiro atoms. The highest BCUT2D eigenvalue weighted by molar-refractivity contribution is 6.32. The number of aliphatic carboxylic acids is 1. The Balaban J connectivity index is 2.93. The van der Waals surface area contributed by atoms with E-state index in [1.165, 1.54) is 31.2 Å². The quantitative estimate of drug-likeness (QED) is 0.354. The van der Waals surface area contributed by atoms with Crippen LogP contribution < -0.4 is 0 Å². The Morgan fingerprint density at radius 2 is 2.13 bits per heavy atom. The second kappa shape index (κ2) is 8.09. The van der Waals surface area contributed by atoms with E-state index >= 15 is 0 Å². The minimum absolute atomic E-state index is 0.0422. The Hall–Kier alpha value is -2.67. The molecule has 1 rings (SSSR count). The number of carbonyl (C=O) groups is 2. The third-order valence-electron chi connectivity index (χ3n) is 2.74. The normalized spacial score (nSPS) is 11.0. The predicted molar refractivity (Wildman–Crippen MR) is 84.1 cm³/mol. The van der Waals surface area contributed by atoms with Gasteiger partial charge in [0.05, 0.1) is 11.5 Å². The second-order valence-corrected chi connectivity index (χ2v) is 5.02. The minimum Gasteiger partial charge on any atom is -0.478 e. The second-order valence-electron chi connectivity index (χ2n) is 4.61. The molecule has 0 aliphatic heterocycles. The molecule has 0 fully saturated rings. The third kappa shape index (κ3) is 5.55. The van der Waals surface area contributed by atoms with Crippen molar-refractivity contribution in [2.45, 2.75) is 13.3 Å². The number of nitro benzene ring substituents is 1. The van der Waals surface area contributed by atoms with Crippen LogP contribution in [0, 0.1) is 10.1 Å². The first-order valence-corrected chi connectivity index (χ1v) is 6.80. The smallest absolute Gasteiger partial charge is 0.333 e. The van der Waals surface area contributed by atoms with Crippen molar-refractivity contribution in [1.29, 1.82) is 0 Å². The van der Waals surface area contributed by atoms with Crippen LogP contribution in [0.15, 0.2) is 35.9 Å². The van der Waals surface area contributed by atoms with Crippen LogP contribution in [0.1, 0.15) is 18.9 Å². The molecule has 0 bridgehead atoms. The number of hydrogen-bond acceptors (Lipinski definition) is 5. The molecular formula is C15H14ClNO6. The summed E-state index contributed by atoms with van der Waals surface area (Å²) in [5.74, 6) is -1.83. The summed E-state index contributed by atoms with van der Waals surface area (Å²) in [7, 11) is 0. The van der Waals surface area contributed by atoms with E-state index in [1.807, 2.05) is 0 Å². The Labute approximate surface area is 137 Å². The van der Waals surface area contributed by atoms with Gasteiger partial charge < -0.3 is 9.84 Å². The maximum absolute atomic E-state index is 11.2. The number of nitro groups is 1. The number of carboxylic acid groups (broad SMARTS) is 1. The molecular weight excluding hydrogens is 326 g/mol. The highest BCUT2D eigenvalue weighted by atomic mass is 35.5. The van der Waals surface area contributed by atoms with Crippen molar-refractivity contribution in [1.82, 2.24) is 0 Å². The zero-order valence-corrected chi connectivity index (χ0v) is 13.0. The van der Waals surface area contributed by atoms with Crippen molar-refractivity contribution in [2.24, 2.45) is 0 Å². The molecule has 1 aromatic rings. The van der Waals surface area contributed by atoms with Gasteiger partial charge in [0.15, 0.2) is 0 Å². The van der Waals surface area contributed by atoms with E-state index in [1.54, 1.807) is 0 Å². The van der Waals surface area contributed by atoms with Gasteiger partial charge in [-0.25, -0.2) is 9.59 Å². The number of nitrogens with zero attached hydrogens (tertiary/aromatic N) is 1. The van der Waals surface area contributed by atoms with Gasteiger partial charge in [0, 0.05) is 23.6 Å². The first-order valence-electron chi connectivity index (χ1n) is 6.42. The summed E-state index contributed by atoms with van der Waals surface area (Å²) >= 11 is 5.69. The first kappa shape index (κ1) is 18.4. The van der Waals surface area contributed by atoms with Gasteiger partial charge in [0.1, 0.15) is 5.02 Å². The Morgan fingerprint density at radius 1 is 1.48 bits per heavy atom. The summed E-state index contributed by atoms with van der Waals surface area (Å²) in [4.78, 5) is 32.6. The molecule has 0 aliphatic rings. The molecule has 0 heterocycles. The summed E-state index contributed by atoms with van der Waals surface area (Å²) in [5.41, 5.74) is 0.138. The molecule has 23 heavy (non-hydrogen) atoms. The fourth-order valence-electron chi connectivity index (χ4n) is 1.58. The lowest BCUT2D eigenvalue weighted by molar-refractivity contribution is -0.384. The molecule has 0 saturated carbocycles. The maximum Gasteiger partial charge on any atom is 0.333 e. The molecule has 1 aromatic carbocycles. The molecule has 0 unspecified atom stereocenters. The fourth-order valence-corrected chi connectivity index (χ4v) is 1.76. The number of rotatable bonds is 7. The van der Waals surface area contributed by atoms with Gasteiger partial charge in [-0.15, -0.1) is 0 Å². The van der Waals surface area contributed by atoms with Gasteiger partial charge in [-0.2, -0.15) is 0 Å². The van der Waals surface area contributed by atoms with Crippen LogP contribution in [0.5, 0.6) is 0 Å². The van der Waals surface area contributed by atoms with Gasteiger partial charge in [-0.1, -0.05) is 24.2 Å². The van der Waals surface area contributed by atoms with E-state index < -0.39 is 16.9 Å². The molecule has 0 radical (unpaired) electrons. The molecule has 122 valence electrons. The molecule has 7 nitrogen and oxygen atoms in total. The number of carboxylic acids is 1. The van der Waals surface area contributed by atoms with Crippen LogP contribution in [-0.4, -0.2) is 28.6 Å². The van der Waals surface area contributed by atoms with E-state index in [4.69, 9.17) is 21.4 Å². The van der Waals surface area contributed by atoms with Gasteiger partial charge in [0.25, 0.3) is 5.69 Å². The monoisotopic (exact) mass is 339 g/mol. The van der Waals surface area contributed by atoms with Gasteiger partial charge in [0.2, 0.25) is 0 Å². The minimum atomic E-state index is -1.21. The zero-order chi connectivity index (χ0) is 17.6. The van der Waals surface area contributed by atoms with Crippen molar-refractivity contribution in [3.05, 3.63) is 56.6 Å². The van der Waals surface area contributed by atoms with Crippen molar-refractivity contribution in [3.8, 4) is 0 Å². The Morgan fingerprint density at radius 3 is 2.65 bits per heavy atom. The van der Waals surface area contributed by atoms with E-state index in [-0.39, 0.29) is 34.9 Å². The highest BCUT2D eigenvalue weighted by Crippen LogP contribution is 2.26. The van der Waals surface area contributed by atoms with Crippen LogP contribution in [-0.2, 0) is 14.3 Å². The highest BCUT2D eigenvalue weighted by Gasteiger charge is 2.14. The van der Waals surface area contributed by atoms with Crippen molar-refractivity contribution >= 4 is 35.3 Å². The number of benzene rings is 1. The lowest BCUT2D eigenvalue weighted by atomic mass is 10.1. The lowest BCUT2D eigenvalue weighted by Crippen LogP contribution is -2.09. The Bertz CT molecular complexity index is 695. The summed E-state index contributed by atoms with van der Waals surface area (Å²) in [6, 6.07) is 3.94. The lowest BCUT2D eigenvalue weighted by Gasteiger charge is -2.05. The topological polar surface area (TPSA) is 107 Å². The van der Waals surface area contributed by atoms with E-state index in [9.17, 15) is 19.7 Å². The van der Waals surface area contributed by atoms with Crippen LogP contribution in [0.25, 0.3) is 6.08 Å². The standard InChI is InChI=1S/C15H14ClNO6/c1-9(2)15(20)23-6-5-11(14(18)19)7-10-3-4-12(16)13(8-10)17(21)22/h3-4,7-8H,1,5-6H2,2H3,(H,18,19). The van der Waals surface area contributed by atoms with Crippen LogP contribution >= 0.6 is 11.6 Å². The molecule has 0 amide bonds. The van der Waals surface area contributed by atoms with E-state index in [2.05, 4.69) is 6.58 Å². The molecule has 0 aromatic heterocycles. The van der Waals surface area contributed by atoms with Crippen LogP contribution in [0.3, 0.4) is 0 Å². The first-order chi connectivity index (χ1) is 10.7. The fraction of sp³-hybridized carbons (Fsp3) is 0.200. The third-order valence-corrected chi connectivity index (χ3v) is 3.06. The maximum atomic E-state index is 11.2. The average Bonchev–Trinajstić information content (AvgIpc) is 2.47. The summed E-state index contributed by atoms with van der Waals surface area (Å²) in [6.07, 6.45) is 1.21. The number of esters is 1. The van der Waals surface area contributed by atoms with Crippen molar-refractivity contribution in [2.75, 3.05) is 6.61 Å². The van der Waals surface area contributed by atoms with Gasteiger partial charge in [-0.3, -0.25) is 10.1 Å². The molecule has 8 heteroatoms. The van der Waals surface area contributed by atoms with Crippen molar-refractivity contribution < 1.29 is 24.4 Å². The zero-order valence-electron chi connectivity index (χ0n) is 12.2. The summed E-state index contributed by atoms with van der Waals surface area (Å²) < 4.78 is 4.83. The van der Waals surface area contributed by atoms with Gasteiger partial charge in [-0.05, 0) is 24.6 Å².